The van der Waals surface area contributed by atoms with E-state index in [4.69, 9.17) is 4.74 Å². The third-order valence-corrected chi connectivity index (χ3v) is 5.64. The van der Waals surface area contributed by atoms with E-state index in [2.05, 4.69) is 65.0 Å². The number of anilines is 2. The average molecular weight is 432 g/mol. The van der Waals surface area contributed by atoms with Gasteiger partial charge in [-0.3, -0.25) is 0 Å². The summed E-state index contributed by atoms with van der Waals surface area (Å²) in [5, 5.41) is 4.15. The first-order valence-electron chi connectivity index (χ1n) is 8.53. The minimum atomic E-state index is -0.0187. The number of para-hydroxylation sites is 1. The van der Waals surface area contributed by atoms with Gasteiger partial charge in [0.1, 0.15) is 11.4 Å². The number of pyridine rings is 1. The smallest absolute Gasteiger partial charge is 0.243 e. The quantitative estimate of drug-likeness (QED) is 0.488. The first-order chi connectivity index (χ1) is 12.4. The van der Waals surface area contributed by atoms with Crippen LogP contribution in [0, 0.1) is 0 Å². The Balaban J connectivity index is 1.91. The Kier molecular flexibility index (Phi) is 5.63. The summed E-state index contributed by atoms with van der Waals surface area (Å²) in [5.74, 6) is 1.35. The van der Waals surface area contributed by atoms with E-state index >= 15 is 0 Å². The lowest BCUT2D eigenvalue weighted by Crippen LogP contribution is -2.12. The van der Waals surface area contributed by atoms with Gasteiger partial charge in [0, 0.05) is 11.8 Å². The van der Waals surface area contributed by atoms with E-state index in [0.29, 0.717) is 5.88 Å². The van der Waals surface area contributed by atoms with E-state index in [1.165, 1.54) is 0 Å². The fourth-order valence-corrected chi connectivity index (χ4v) is 4.19. The van der Waals surface area contributed by atoms with Crippen LogP contribution in [0.1, 0.15) is 39.0 Å². The first kappa shape index (κ1) is 18.9. The van der Waals surface area contributed by atoms with Crippen molar-refractivity contribution in [2.45, 2.75) is 39.5 Å². The Morgan fingerprint density at radius 3 is 2.62 bits per heavy atom. The molecule has 2 aromatic heterocycles. The normalized spacial score (nSPS) is 11.4. The van der Waals surface area contributed by atoms with Crippen molar-refractivity contribution in [2.75, 3.05) is 5.32 Å². The number of aryl methyl sites for hydroxylation is 1. The van der Waals surface area contributed by atoms with Crippen LogP contribution >= 0.6 is 27.3 Å². The monoisotopic (exact) mass is 431 g/mol. The van der Waals surface area contributed by atoms with E-state index in [1.807, 2.05) is 30.3 Å². The van der Waals surface area contributed by atoms with Crippen LogP contribution in [0.5, 0.6) is 11.6 Å². The van der Waals surface area contributed by atoms with Crippen LogP contribution in [0.3, 0.4) is 0 Å². The predicted molar refractivity (Wildman–Crippen MR) is 112 cm³/mol. The maximum absolute atomic E-state index is 6.19. The number of hydrogen-bond donors (Lipinski definition) is 1. The van der Waals surface area contributed by atoms with Crippen molar-refractivity contribution < 1.29 is 4.74 Å². The SMILES string of the molecule is CCc1nc(Nc2cccnc2Oc2ccccc2C(C)(C)C)sc1Br. The minimum Gasteiger partial charge on any atom is -0.437 e. The number of benzene rings is 1. The lowest BCUT2D eigenvalue weighted by atomic mass is 9.86. The zero-order valence-corrected chi connectivity index (χ0v) is 17.7. The maximum atomic E-state index is 6.19. The molecule has 0 fully saturated rings. The molecule has 0 saturated heterocycles. The molecule has 1 aromatic carbocycles. The van der Waals surface area contributed by atoms with Crippen molar-refractivity contribution in [3.63, 3.8) is 0 Å². The van der Waals surface area contributed by atoms with Crippen LogP contribution in [0.4, 0.5) is 10.8 Å². The topological polar surface area (TPSA) is 47.0 Å². The Hall–Kier alpha value is -1.92. The molecular weight excluding hydrogens is 410 g/mol. The van der Waals surface area contributed by atoms with Gasteiger partial charge in [-0.1, -0.05) is 57.2 Å². The number of thiazole rings is 1. The minimum absolute atomic E-state index is 0.0187. The Bertz CT molecular complexity index is 902. The number of halogens is 1. The fraction of sp³-hybridized carbons (Fsp3) is 0.300. The molecule has 0 bridgehead atoms. The second-order valence-electron chi connectivity index (χ2n) is 6.92. The van der Waals surface area contributed by atoms with Crippen molar-refractivity contribution in [3.8, 4) is 11.6 Å². The van der Waals surface area contributed by atoms with Gasteiger partial charge in [0.05, 0.1) is 9.48 Å². The molecule has 0 aliphatic carbocycles. The summed E-state index contributed by atoms with van der Waals surface area (Å²) in [4.78, 5) is 9.03. The Morgan fingerprint density at radius 1 is 1.15 bits per heavy atom. The lowest BCUT2D eigenvalue weighted by Gasteiger charge is -2.22. The van der Waals surface area contributed by atoms with Crippen molar-refractivity contribution in [3.05, 3.63) is 57.6 Å². The summed E-state index contributed by atoms with van der Waals surface area (Å²) in [6.07, 6.45) is 2.61. The van der Waals surface area contributed by atoms with Gasteiger partial charge in [-0.25, -0.2) is 9.97 Å². The number of nitrogens with one attached hydrogen (secondary N) is 1. The standard InChI is InChI=1S/C20H22BrN3OS/c1-5-14-17(21)26-19(23-14)24-15-10-8-12-22-18(15)25-16-11-7-6-9-13(16)20(2,3)4/h6-12H,5H2,1-4H3,(H,23,24). The largest absolute Gasteiger partial charge is 0.437 e. The molecule has 2 heterocycles. The summed E-state index contributed by atoms with van der Waals surface area (Å²) >= 11 is 5.13. The number of hydrogen-bond acceptors (Lipinski definition) is 5. The molecule has 3 aromatic rings. The molecule has 1 N–H and O–H groups in total. The molecule has 0 radical (unpaired) electrons. The van der Waals surface area contributed by atoms with Gasteiger partial charge < -0.3 is 10.1 Å². The maximum Gasteiger partial charge on any atom is 0.243 e. The highest BCUT2D eigenvalue weighted by Gasteiger charge is 2.20. The van der Waals surface area contributed by atoms with Crippen molar-refractivity contribution in [2.24, 2.45) is 0 Å². The summed E-state index contributed by atoms with van der Waals surface area (Å²) in [5.41, 5.74) is 2.96. The number of ether oxygens (including phenoxy) is 1. The van der Waals surface area contributed by atoms with Gasteiger partial charge in [0.2, 0.25) is 5.88 Å². The Morgan fingerprint density at radius 2 is 1.92 bits per heavy atom. The molecule has 4 nitrogen and oxygen atoms in total. The van der Waals surface area contributed by atoms with Gasteiger partial charge in [0.25, 0.3) is 0 Å². The van der Waals surface area contributed by atoms with E-state index in [0.717, 1.165) is 38.0 Å². The second-order valence-corrected chi connectivity index (χ2v) is 9.24. The average Bonchev–Trinajstić information content (AvgIpc) is 2.95. The molecule has 0 unspecified atom stereocenters. The van der Waals surface area contributed by atoms with Gasteiger partial charge in [-0.05, 0) is 46.0 Å². The van der Waals surface area contributed by atoms with Crippen LogP contribution in [0.2, 0.25) is 0 Å². The van der Waals surface area contributed by atoms with Crippen molar-refractivity contribution >= 4 is 38.1 Å². The van der Waals surface area contributed by atoms with Crippen molar-refractivity contribution in [1.29, 1.82) is 0 Å². The third kappa shape index (κ3) is 4.24. The van der Waals surface area contributed by atoms with Crippen LogP contribution < -0.4 is 10.1 Å². The summed E-state index contributed by atoms with van der Waals surface area (Å²) in [6.45, 7) is 8.61. The highest BCUT2D eigenvalue weighted by atomic mass is 79.9. The van der Waals surface area contributed by atoms with Crippen molar-refractivity contribution in [1.82, 2.24) is 9.97 Å². The zero-order chi connectivity index (χ0) is 18.7. The number of nitrogens with zero attached hydrogens (tertiary/aromatic N) is 2. The van der Waals surface area contributed by atoms with Crippen LogP contribution in [-0.2, 0) is 11.8 Å². The molecule has 3 rings (SSSR count). The molecule has 0 atom stereocenters. The zero-order valence-electron chi connectivity index (χ0n) is 15.3. The van der Waals surface area contributed by atoms with Gasteiger partial charge in [0.15, 0.2) is 5.13 Å². The molecule has 0 aliphatic heterocycles. The Labute approximate surface area is 166 Å². The lowest BCUT2D eigenvalue weighted by molar-refractivity contribution is 0.442. The van der Waals surface area contributed by atoms with Crippen LogP contribution in [0.15, 0.2) is 46.4 Å². The number of rotatable bonds is 5. The third-order valence-electron chi connectivity index (χ3n) is 3.90. The molecular formula is C20H22BrN3OS. The molecule has 0 saturated carbocycles. The predicted octanol–water partition coefficient (Wildman–Crippen LogP) is 6.70. The van der Waals surface area contributed by atoms with Crippen LogP contribution in [-0.4, -0.2) is 9.97 Å². The first-order valence-corrected chi connectivity index (χ1v) is 10.1. The summed E-state index contributed by atoms with van der Waals surface area (Å²) < 4.78 is 7.24. The van der Waals surface area contributed by atoms with Gasteiger partial charge >= 0.3 is 0 Å². The molecule has 26 heavy (non-hydrogen) atoms. The molecule has 0 amide bonds. The number of aromatic nitrogens is 2. The molecule has 0 aliphatic rings. The highest BCUT2D eigenvalue weighted by molar-refractivity contribution is 9.11. The van der Waals surface area contributed by atoms with Crippen LogP contribution in [0.25, 0.3) is 0 Å². The van der Waals surface area contributed by atoms with E-state index in [1.54, 1.807) is 17.5 Å². The molecule has 136 valence electrons. The van der Waals surface area contributed by atoms with E-state index in [9.17, 15) is 0 Å². The molecule has 0 spiro atoms. The summed E-state index contributed by atoms with van der Waals surface area (Å²) in [7, 11) is 0. The van der Waals surface area contributed by atoms with Gasteiger partial charge in [-0.15, -0.1) is 0 Å². The van der Waals surface area contributed by atoms with Gasteiger partial charge in [-0.2, -0.15) is 0 Å². The second kappa shape index (κ2) is 7.76. The molecule has 6 heteroatoms. The van der Waals surface area contributed by atoms with E-state index < -0.39 is 0 Å². The highest BCUT2D eigenvalue weighted by Crippen LogP contribution is 2.37. The van der Waals surface area contributed by atoms with E-state index in [-0.39, 0.29) is 5.41 Å². The summed E-state index contributed by atoms with van der Waals surface area (Å²) in [6, 6.07) is 11.9. The fourth-order valence-electron chi connectivity index (χ4n) is 2.57.